The standard InChI is InChI=1S/C8H14N2/c1-2-4-9-5-8(3-1)6-10-7-8/h1-2,9-10H,3-7H2. The Hall–Kier alpha value is -0.340. The van der Waals surface area contributed by atoms with E-state index in [-0.39, 0.29) is 0 Å². The second-order valence-corrected chi connectivity index (χ2v) is 3.41. The van der Waals surface area contributed by atoms with Crippen LogP contribution >= 0.6 is 0 Å². The van der Waals surface area contributed by atoms with E-state index >= 15 is 0 Å². The smallest absolute Gasteiger partial charge is 0.0135 e. The fourth-order valence-corrected chi connectivity index (χ4v) is 1.66. The van der Waals surface area contributed by atoms with Gasteiger partial charge in [0.05, 0.1) is 0 Å². The second-order valence-electron chi connectivity index (χ2n) is 3.41. The third kappa shape index (κ3) is 0.976. The molecule has 0 radical (unpaired) electrons. The number of nitrogens with one attached hydrogen (secondary N) is 2. The van der Waals surface area contributed by atoms with Crippen LogP contribution in [0.25, 0.3) is 0 Å². The van der Waals surface area contributed by atoms with Gasteiger partial charge in [0.2, 0.25) is 0 Å². The second kappa shape index (κ2) is 2.36. The lowest BCUT2D eigenvalue weighted by molar-refractivity contribution is 0.171. The van der Waals surface area contributed by atoms with Crippen molar-refractivity contribution in [2.45, 2.75) is 6.42 Å². The third-order valence-electron chi connectivity index (χ3n) is 2.48. The average molecular weight is 138 g/mol. The van der Waals surface area contributed by atoms with Crippen molar-refractivity contribution in [2.24, 2.45) is 5.41 Å². The zero-order chi connectivity index (χ0) is 6.86. The van der Waals surface area contributed by atoms with Gasteiger partial charge in [0.25, 0.3) is 0 Å². The van der Waals surface area contributed by atoms with Crippen LogP contribution in [0.4, 0.5) is 0 Å². The summed E-state index contributed by atoms with van der Waals surface area (Å²) in [5, 5.41) is 6.74. The lowest BCUT2D eigenvalue weighted by atomic mass is 9.79. The Bertz CT molecular complexity index is 147. The molecule has 0 saturated carbocycles. The molecule has 2 nitrogen and oxygen atoms in total. The van der Waals surface area contributed by atoms with E-state index in [1.54, 1.807) is 0 Å². The largest absolute Gasteiger partial charge is 0.315 e. The van der Waals surface area contributed by atoms with Gasteiger partial charge < -0.3 is 10.6 Å². The summed E-state index contributed by atoms with van der Waals surface area (Å²) in [5.41, 5.74) is 0.576. The predicted molar refractivity (Wildman–Crippen MR) is 41.9 cm³/mol. The first-order chi connectivity index (χ1) is 4.91. The molecule has 56 valence electrons. The molecule has 0 aromatic rings. The first-order valence-electron chi connectivity index (χ1n) is 3.98. The Morgan fingerprint density at radius 2 is 1.80 bits per heavy atom. The summed E-state index contributed by atoms with van der Waals surface area (Å²) >= 11 is 0. The Morgan fingerprint density at radius 1 is 1.00 bits per heavy atom. The van der Waals surface area contributed by atoms with E-state index < -0.39 is 0 Å². The highest BCUT2D eigenvalue weighted by Crippen LogP contribution is 2.27. The van der Waals surface area contributed by atoms with Crippen LogP contribution in [0.3, 0.4) is 0 Å². The van der Waals surface area contributed by atoms with Crippen LogP contribution in [-0.4, -0.2) is 26.2 Å². The molecular weight excluding hydrogens is 124 g/mol. The van der Waals surface area contributed by atoms with Crippen molar-refractivity contribution in [3.63, 3.8) is 0 Å². The summed E-state index contributed by atoms with van der Waals surface area (Å²) in [5.74, 6) is 0. The molecule has 1 fully saturated rings. The molecular formula is C8H14N2. The third-order valence-corrected chi connectivity index (χ3v) is 2.48. The van der Waals surface area contributed by atoms with Crippen LogP contribution in [0.15, 0.2) is 12.2 Å². The van der Waals surface area contributed by atoms with Crippen molar-refractivity contribution in [1.29, 1.82) is 0 Å². The Morgan fingerprint density at radius 3 is 2.50 bits per heavy atom. The van der Waals surface area contributed by atoms with E-state index in [1.807, 2.05) is 0 Å². The molecule has 2 rings (SSSR count). The molecule has 1 spiro atoms. The van der Waals surface area contributed by atoms with E-state index in [2.05, 4.69) is 22.8 Å². The van der Waals surface area contributed by atoms with Gasteiger partial charge in [-0.3, -0.25) is 0 Å². The highest BCUT2D eigenvalue weighted by atomic mass is 15.0. The highest BCUT2D eigenvalue weighted by Gasteiger charge is 2.35. The van der Waals surface area contributed by atoms with E-state index in [0.717, 1.165) is 6.54 Å². The van der Waals surface area contributed by atoms with Crippen LogP contribution < -0.4 is 10.6 Å². The summed E-state index contributed by atoms with van der Waals surface area (Å²) < 4.78 is 0. The molecule has 2 aliphatic rings. The van der Waals surface area contributed by atoms with Crippen LogP contribution in [0, 0.1) is 5.41 Å². The zero-order valence-electron chi connectivity index (χ0n) is 6.19. The van der Waals surface area contributed by atoms with Crippen molar-refractivity contribution in [1.82, 2.24) is 10.6 Å². The molecule has 2 heteroatoms. The maximum absolute atomic E-state index is 3.41. The van der Waals surface area contributed by atoms with Gasteiger partial charge in [-0.05, 0) is 6.42 Å². The van der Waals surface area contributed by atoms with Crippen LogP contribution in [0.5, 0.6) is 0 Å². The van der Waals surface area contributed by atoms with Crippen LogP contribution in [0.2, 0.25) is 0 Å². The lowest BCUT2D eigenvalue weighted by Gasteiger charge is -2.41. The molecule has 0 atom stereocenters. The van der Waals surface area contributed by atoms with E-state index in [0.29, 0.717) is 5.41 Å². The maximum Gasteiger partial charge on any atom is 0.0135 e. The lowest BCUT2D eigenvalue weighted by Crippen LogP contribution is -2.57. The number of allylic oxidation sites excluding steroid dienone is 1. The van der Waals surface area contributed by atoms with Crippen molar-refractivity contribution < 1.29 is 0 Å². The van der Waals surface area contributed by atoms with E-state index in [1.165, 1.54) is 26.1 Å². The van der Waals surface area contributed by atoms with E-state index in [4.69, 9.17) is 0 Å². The number of hydrogen-bond donors (Lipinski definition) is 2. The minimum atomic E-state index is 0.576. The molecule has 0 aromatic heterocycles. The Labute approximate surface area is 61.7 Å². The Kier molecular flexibility index (Phi) is 1.51. The molecule has 0 aliphatic carbocycles. The van der Waals surface area contributed by atoms with Crippen molar-refractivity contribution in [2.75, 3.05) is 26.2 Å². The summed E-state index contributed by atoms with van der Waals surface area (Å²) in [6, 6.07) is 0. The number of rotatable bonds is 0. The van der Waals surface area contributed by atoms with Gasteiger partial charge in [-0.2, -0.15) is 0 Å². The molecule has 0 bridgehead atoms. The quantitative estimate of drug-likeness (QED) is 0.465. The first kappa shape index (κ1) is 6.38. The van der Waals surface area contributed by atoms with Gasteiger partial charge in [-0.1, -0.05) is 12.2 Å². The minimum Gasteiger partial charge on any atom is -0.315 e. The highest BCUT2D eigenvalue weighted by molar-refractivity contribution is 5.03. The van der Waals surface area contributed by atoms with Gasteiger partial charge in [-0.15, -0.1) is 0 Å². The fourth-order valence-electron chi connectivity index (χ4n) is 1.66. The maximum atomic E-state index is 3.41. The van der Waals surface area contributed by atoms with Gasteiger partial charge in [-0.25, -0.2) is 0 Å². The van der Waals surface area contributed by atoms with Crippen molar-refractivity contribution >= 4 is 0 Å². The van der Waals surface area contributed by atoms with Crippen LogP contribution in [-0.2, 0) is 0 Å². The van der Waals surface area contributed by atoms with Gasteiger partial charge in [0.1, 0.15) is 0 Å². The van der Waals surface area contributed by atoms with Crippen LogP contribution in [0.1, 0.15) is 6.42 Å². The summed E-state index contributed by atoms with van der Waals surface area (Å²) in [6.45, 7) is 4.64. The van der Waals surface area contributed by atoms with Gasteiger partial charge in [0.15, 0.2) is 0 Å². The molecule has 1 saturated heterocycles. The normalized spacial score (nSPS) is 29.6. The monoisotopic (exact) mass is 138 g/mol. The molecule has 0 unspecified atom stereocenters. The van der Waals surface area contributed by atoms with E-state index in [9.17, 15) is 0 Å². The minimum absolute atomic E-state index is 0.576. The summed E-state index contributed by atoms with van der Waals surface area (Å²) in [4.78, 5) is 0. The van der Waals surface area contributed by atoms with Gasteiger partial charge >= 0.3 is 0 Å². The zero-order valence-corrected chi connectivity index (χ0v) is 6.19. The SMILES string of the molecule is C1=CCC2(CNC1)CNC2. The topological polar surface area (TPSA) is 24.1 Å². The van der Waals surface area contributed by atoms with Crippen molar-refractivity contribution in [3.8, 4) is 0 Å². The van der Waals surface area contributed by atoms with Crippen molar-refractivity contribution in [3.05, 3.63) is 12.2 Å². The molecule has 2 N–H and O–H groups in total. The average Bonchev–Trinajstić information content (AvgIpc) is 2.08. The first-order valence-corrected chi connectivity index (χ1v) is 3.98. The Balaban J connectivity index is 2.00. The molecule has 0 amide bonds. The summed E-state index contributed by atoms with van der Waals surface area (Å²) in [6.07, 6.45) is 5.79. The predicted octanol–water partition coefficient (Wildman–Crippen LogP) is 0.125. The fraction of sp³-hybridized carbons (Fsp3) is 0.750. The molecule has 2 aliphatic heterocycles. The molecule has 2 heterocycles. The molecule has 0 aromatic carbocycles. The molecule has 10 heavy (non-hydrogen) atoms. The number of hydrogen-bond acceptors (Lipinski definition) is 2. The van der Waals surface area contributed by atoms with Gasteiger partial charge in [0, 0.05) is 31.6 Å². The summed E-state index contributed by atoms with van der Waals surface area (Å²) in [7, 11) is 0.